The fourth-order valence-corrected chi connectivity index (χ4v) is 1.17. The van der Waals surface area contributed by atoms with E-state index >= 15 is 0 Å². The Hall–Kier alpha value is -0.908. The first-order valence-electron chi connectivity index (χ1n) is 3.53. The summed E-state index contributed by atoms with van der Waals surface area (Å²) in [5.41, 5.74) is 1.54. The van der Waals surface area contributed by atoms with Crippen molar-refractivity contribution in [2.45, 2.75) is 6.42 Å². The second kappa shape index (κ2) is 3.66. The lowest BCUT2D eigenvalue weighted by Gasteiger charge is -2.05. The lowest BCUT2D eigenvalue weighted by Crippen LogP contribution is -2.06. The highest BCUT2D eigenvalue weighted by atomic mass is 27.0. The molecule has 0 amide bonds. The minimum absolute atomic E-state index is 0. The average Bonchev–Trinajstić information content (AvgIpc) is 2.06. The van der Waals surface area contributed by atoms with E-state index in [1.807, 2.05) is 24.3 Å². The molecule has 0 bridgehead atoms. The average molecular weight is 172 g/mol. The van der Waals surface area contributed by atoms with E-state index in [0.717, 1.165) is 5.56 Å². The first-order chi connectivity index (χ1) is 5.38. The van der Waals surface area contributed by atoms with Crippen LogP contribution in [-0.4, -0.2) is 28.1 Å². The fourth-order valence-electron chi connectivity index (χ4n) is 1.17. The van der Waals surface area contributed by atoms with E-state index in [0.29, 0.717) is 12.1 Å². The highest BCUT2D eigenvalue weighted by Crippen LogP contribution is 2.15. The van der Waals surface area contributed by atoms with E-state index in [1.165, 1.54) is 0 Å². The number of carbonyl (C=O) groups excluding carboxylic acids is 1. The molecule has 0 aliphatic heterocycles. The van der Waals surface area contributed by atoms with Gasteiger partial charge in [-0.05, 0) is 6.07 Å². The molecule has 3 radical (unpaired) electrons. The number of rotatable bonds is 0. The van der Waals surface area contributed by atoms with Gasteiger partial charge in [-0.15, -0.1) is 0 Å². The molecule has 1 aliphatic rings. The van der Waals surface area contributed by atoms with Crippen molar-refractivity contribution in [1.29, 1.82) is 0 Å². The third-order valence-corrected chi connectivity index (χ3v) is 1.70. The molecule has 0 spiro atoms. The van der Waals surface area contributed by atoms with Crippen molar-refractivity contribution in [3.05, 3.63) is 35.7 Å². The molecule has 1 aliphatic carbocycles. The number of nitrogens with zero attached hydrogens (tertiary/aromatic N) is 1. The van der Waals surface area contributed by atoms with Crippen LogP contribution in [0.2, 0.25) is 0 Å². The van der Waals surface area contributed by atoms with Crippen molar-refractivity contribution in [2.24, 2.45) is 0 Å². The summed E-state index contributed by atoms with van der Waals surface area (Å²) in [5.74, 6) is 0.114. The molecule has 57 valence electrons. The van der Waals surface area contributed by atoms with Gasteiger partial charge in [-0.3, -0.25) is 9.78 Å². The fraction of sp³-hybridized carbons (Fsp3) is 0.111. The number of hydrogen-bond donors (Lipinski definition) is 0. The van der Waals surface area contributed by atoms with Gasteiger partial charge in [-0.2, -0.15) is 0 Å². The molecule has 1 aromatic rings. The van der Waals surface area contributed by atoms with Crippen molar-refractivity contribution >= 4 is 29.2 Å². The maximum absolute atomic E-state index is 11.2. The van der Waals surface area contributed by atoms with E-state index in [4.69, 9.17) is 0 Å². The minimum atomic E-state index is 0. The number of allylic oxidation sites excluding steroid dienone is 1. The van der Waals surface area contributed by atoms with E-state index in [-0.39, 0.29) is 23.1 Å². The Morgan fingerprint density at radius 3 is 3.00 bits per heavy atom. The molecular weight excluding hydrogens is 165 g/mol. The summed E-state index contributed by atoms with van der Waals surface area (Å²) >= 11 is 0. The molecule has 12 heavy (non-hydrogen) atoms. The zero-order chi connectivity index (χ0) is 7.68. The molecule has 0 saturated carbocycles. The van der Waals surface area contributed by atoms with Gasteiger partial charge in [-0.25, -0.2) is 0 Å². The van der Waals surface area contributed by atoms with Gasteiger partial charge in [-0.1, -0.05) is 18.2 Å². The summed E-state index contributed by atoms with van der Waals surface area (Å²) in [5, 5.41) is 0. The van der Waals surface area contributed by atoms with Gasteiger partial charge in [0.25, 0.3) is 0 Å². The Morgan fingerprint density at radius 2 is 2.25 bits per heavy atom. The summed E-state index contributed by atoms with van der Waals surface area (Å²) in [6.45, 7) is 0. The number of carbonyl (C=O) groups is 1. The summed E-state index contributed by atoms with van der Waals surface area (Å²) in [6.07, 6.45) is 5.94. The van der Waals surface area contributed by atoms with Crippen LogP contribution in [0, 0.1) is 0 Å². The van der Waals surface area contributed by atoms with E-state index in [2.05, 4.69) is 4.98 Å². The monoisotopic (exact) mass is 172 g/mol. The van der Waals surface area contributed by atoms with Crippen molar-refractivity contribution in [3.8, 4) is 0 Å². The van der Waals surface area contributed by atoms with Crippen LogP contribution in [0.15, 0.2) is 24.4 Å². The predicted octanol–water partition coefficient (Wildman–Crippen LogP) is 1.30. The maximum atomic E-state index is 11.2. The molecule has 2 rings (SSSR count). The van der Waals surface area contributed by atoms with Gasteiger partial charge >= 0.3 is 0 Å². The van der Waals surface area contributed by atoms with Crippen LogP contribution in [0.25, 0.3) is 6.08 Å². The quantitative estimate of drug-likeness (QED) is 0.552. The van der Waals surface area contributed by atoms with Crippen LogP contribution in [0.4, 0.5) is 0 Å². The first-order valence-corrected chi connectivity index (χ1v) is 3.53. The molecular formula is C9H7AlNO. The number of pyridine rings is 1. The molecule has 0 N–H and O–H groups in total. The Kier molecular flexibility index (Phi) is 2.80. The number of hydrogen-bond acceptors (Lipinski definition) is 2. The third kappa shape index (κ3) is 1.47. The largest absolute Gasteiger partial charge is 0.292 e. The minimum Gasteiger partial charge on any atom is -0.292 e. The third-order valence-electron chi connectivity index (χ3n) is 1.70. The lowest BCUT2D eigenvalue weighted by atomic mass is 10.0. The smallest absolute Gasteiger partial charge is 0.185 e. The van der Waals surface area contributed by atoms with E-state index in [1.54, 1.807) is 6.20 Å². The number of aromatic nitrogens is 1. The highest BCUT2D eigenvalue weighted by molar-refractivity contribution is 6.00. The number of fused-ring (bicyclic) bond motifs is 1. The molecule has 0 fully saturated rings. The normalized spacial score (nSPS) is 13.5. The van der Waals surface area contributed by atoms with E-state index < -0.39 is 0 Å². The van der Waals surface area contributed by atoms with Gasteiger partial charge in [0.2, 0.25) is 0 Å². The maximum Gasteiger partial charge on any atom is 0.185 e. The summed E-state index contributed by atoms with van der Waals surface area (Å²) in [4.78, 5) is 15.2. The van der Waals surface area contributed by atoms with Gasteiger partial charge in [0.05, 0.1) is 0 Å². The Labute approximate surface area is 81.5 Å². The van der Waals surface area contributed by atoms with Crippen LogP contribution in [0.5, 0.6) is 0 Å². The predicted molar refractivity (Wildman–Crippen MR) is 48.0 cm³/mol. The van der Waals surface area contributed by atoms with Crippen molar-refractivity contribution in [2.75, 3.05) is 0 Å². The van der Waals surface area contributed by atoms with Gasteiger partial charge in [0, 0.05) is 35.5 Å². The van der Waals surface area contributed by atoms with Crippen molar-refractivity contribution in [3.63, 3.8) is 0 Å². The molecule has 3 heteroatoms. The SMILES string of the molecule is O=C1CC=Cc2cccnc21.[Al]. The first kappa shape index (κ1) is 9.18. The van der Waals surface area contributed by atoms with Crippen molar-refractivity contribution in [1.82, 2.24) is 4.98 Å². The van der Waals surface area contributed by atoms with Crippen molar-refractivity contribution < 1.29 is 4.79 Å². The van der Waals surface area contributed by atoms with Crippen LogP contribution >= 0.6 is 0 Å². The molecule has 1 heterocycles. The molecule has 0 aromatic carbocycles. The molecule has 0 unspecified atom stereocenters. The second-order valence-electron chi connectivity index (χ2n) is 2.47. The molecule has 0 atom stereocenters. The summed E-state index contributed by atoms with van der Waals surface area (Å²) < 4.78 is 0. The van der Waals surface area contributed by atoms with Crippen LogP contribution in [-0.2, 0) is 0 Å². The van der Waals surface area contributed by atoms with Crippen LogP contribution in [0.1, 0.15) is 22.5 Å². The van der Waals surface area contributed by atoms with Gasteiger partial charge < -0.3 is 0 Å². The Morgan fingerprint density at radius 1 is 1.42 bits per heavy atom. The molecule has 1 aromatic heterocycles. The topological polar surface area (TPSA) is 30.0 Å². The van der Waals surface area contributed by atoms with Gasteiger partial charge in [0.15, 0.2) is 5.78 Å². The Bertz CT molecular complexity index is 333. The lowest BCUT2D eigenvalue weighted by molar-refractivity contribution is 0.0990. The summed E-state index contributed by atoms with van der Waals surface area (Å²) in [7, 11) is 0. The molecule has 2 nitrogen and oxygen atoms in total. The number of Topliss-reactive ketones (excluding diaryl/α,β-unsaturated/α-hetero) is 1. The molecule has 0 saturated heterocycles. The van der Waals surface area contributed by atoms with Crippen LogP contribution in [0.3, 0.4) is 0 Å². The summed E-state index contributed by atoms with van der Waals surface area (Å²) in [6, 6.07) is 3.73. The standard InChI is InChI=1S/C9H7NO.Al/c11-8-5-1-3-7-4-2-6-10-9(7)8;/h1-4,6H,5H2;. The zero-order valence-electron chi connectivity index (χ0n) is 6.53. The highest BCUT2D eigenvalue weighted by Gasteiger charge is 2.12. The second-order valence-corrected chi connectivity index (χ2v) is 2.47. The van der Waals surface area contributed by atoms with E-state index in [9.17, 15) is 4.79 Å². The Balaban J connectivity index is 0.000000720. The van der Waals surface area contributed by atoms with Crippen LogP contribution < -0.4 is 0 Å². The van der Waals surface area contributed by atoms with Gasteiger partial charge in [0.1, 0.15) is 5.69 Å². The zero-order valence-corrected chi connectivity index (χ0v) is 7.68. The number of ketones is 1.